The second-order valence-corrected chi connectivity index (χ2v) is 7.76. The van der Waals surface area contributed by atoms with Crippen molar-refractivity contribution in [2.45, 2.75) is 44.9 Å². The van der Waals surface area contributed by atoms with E-state index in [2.05, 4.69) is 21.1 Å². The third-order valence-electron chi connectivity index (χ3n) is 4.97. The van der Waals surface area contributed by atoms with Gasteiger partial charge in [-0.05, 0) is 68.0 Å². The summed E-state index contributed by atoms with van der Waals surface area (Å²) in [6, 6.07) is 11.2. The number of carbonyl (C=O) groups excluding carboxylic acids is 1. The van der Waals surface area contributed by atoms with Gasteiger partial charge >= 0.3 is 0 Å². The van der Waals surface area contributed by atoms with Crippen LogP contribution in [-0.2, 0) is 6.42 Å². The predicted molar refractivity (Wildman–Crippen MR) is 109 cm³/mol. The highest BCUT2D eigenvalue weighted by atomic mass is 35.5. The van der Waals surface area contributed by atoms with Crippen LogP contribution in [0.1, 0.15) is 64.7 Å². The highest BCUT2D eigenvalue weighted by molar-refractivity contribution is 6.31. The summed E-state index contributed by atoms with van der Waals surface area (Å²) >= 11 is 6.21. The first-order valence-corrected chi connectivity index (χ1v) is 10.0. The van der Waals surface area contributed by atoms with Gasteiger partial charge in [0.2, 0.25) is 0 Å². The van der Waals surface area contributed by atoms with Gasteiger partial charge in [0, 0.05) is 29.6 Å². The van der Waals surface area contributed by atoms with Crippen molar-refractivity contribution in [3.63, 3.8) is 0 Å². The van der Waals surface area contributed by atoms with E-state index in [9.17, 15) is 4.79 Å². The van der Waals surface area contributed by atoms with Gasteiger partial charge in [-0.1, -0.05) is 11.6 Å². The van der Waals surface area contributed by atoms with Crippen LogP contribution in [0.2, 0.25) is 5.02 Å². The fourth-order valence-electron chi connectivity index (χ4n) is 3.36. The maximum atomic E-state index is 12.7. The first-order chi connectivity index (χ1) is 14.0. The molecular weight excluding hydrogens is 386 g/mol. The summed E-state index contributed by atoms with van der Waals surface area (Å²) in [5.41, 5.74) is 2.35. The SMILES string of the molecule is Cc1nc(CCCC(=O)c2cc(Cl)cc(C3CC3)c2)n(-c2ccc(C#N)cn2)n1. The van der Waals surface area contributed by atoms with E-state index in [4.69, 9.17) is 16.9 Å². The van der Waals surface area contributed by atoms with E-state index in [1.165, 1.54) is 24.6 Å². The number of nitrogens with zero attached hydrogens (tertiary/aromatic N) is 5. The lowest BCUT2D eigenvalue weighted by molar-refractivity contribution is 0.0980. The second kappa shape index (κ2) is 8.14. The smallest absolute Gasteiger partial charge is 0.162 e. The number of carbonyl (C=O) groups is 1. The molecule has 3 aromatic rings. The maximum Gasteiger partial charge on any atom is 0.162 e. The van der Waals surface area contributed by atoms with Gasteiger partial charge in [-0.25, -0.2) is 9.97 Å². The van der Waals surface area contributed by atoms with E-state index in [-0.39, 0.29) is 5.78 Å². The Morgan fingerprint density at radius 2 is 2.14 bits per heavy atom. The summed E-state index contributed by atoms with van der Waals surface area (Å²) in [6.07, 6.45) is 5.52. The number of hydrogen-bond donors (Lipinski definition) is 0. The molecule has 0 bridgehead atoms. The molecule has 2 heterocycles. The number of hydrogen-bond acceptors (Lipinski definition) is 5. The average Bonchev–Trinajstić information content (AvgIpc) is 3.50. The number of pyridine rings is 1. The summed E-state index contributed by atoms with van der Waals surface area (Å²) in [4.78, 5) is 21.4. The topological polar surface area (TPSA) is 84.5 Å². The Labute approximate surface area is 174 Å². The summed E-state index contributed by atoms with van der Waals surface area (Å²) in [7, 11) is 0. The predicted octanol–water partition coefficient (Wildman–Crippen LogP) is 4.58. The van der Waals surface area contributed by atoms with E-state index in [0.717, 1.165) is 5.82 Å². The zero-order valence-corrected chi connectivity index (χ0v) is 16.9. The summed E-state index contributed by atoms with van der Waals surface area (Å²) < 4.78 is 1.67. The third-order valence-corrected chi connectivity index (χ3v) is 5.19. The van der Waals surface area contributed by atoms with Crippen molar-refractivity contribution < 1.29 is 4.79 Å². The molecule has 29 heavy (non-hydrogen) atoms. The van der Waals surface area contributed by atoms with Gasteiger partial charge in [-0.15, -0.1) is 5.10 Å². The van der Waals surface area contributed by atoms with E-state index in [0.29, 0.717) is 53.0 Å². The van der Waals surface area contributed by atoms with Crippen molar-refractivity contribution in [2.75, 3.05) is 0 Å². The molecule has 2 aromatic heterocycles. The van der Waals surface area contributed by atoms with Crippen LogP contribution in [0.4, 0.5) is 0 Å². The summed E-state index contributed by atoms with van der Waals surface area (Å²) in [6.45, 7) is 1.82. The number of aromatic nitrogens is 4. The molecule has 1 aliphatic carbocycles. The van der Waals surface area contributed by atoms with Crippen LogP contribution in [0.25, 0.3) is 5.82 Å². The zero-order chi connectivity index (χ0) is 20.4. The van der Waals surface area contributed by atoms with Crippen LogP contribution in [0.15, 0.2) is 36.5 Å². The molecule has 0 radical (unpaired) electrons. The average molecular weight is 406 g/mol. The molecular formula is C22H20ClN5O. The molecule has 7 heteroatoms. The molecule has 0 spiro atoms. The van der Waals surface area contributed by atoms with Gasteiger partial charge in [0.25, 0.3) is 0 Å². The molecule has 0 saturated heterocycles. The molecule has 1 fully saturated rings. The second-order valence-electron chi connectivity index (χ2n) is 7.33. The van der Waals surface area contributed by atoms with Crippen molar-refractivity contribution in [1.82, 2.24) is 19.7 Å². The van der Waals surface area contributed by atoms with Gasteiger partial charge < -0.3 is 0 Å². The Morgan fingerprint density at radius 1 is 1.31 bits per heavy atom. The van der Waals surface area contributed by atoms with Crippen LogP contribution < -0.4 is 0 Å². The Hall–Kier alpha value is -3.04. The molecule has 0 amide bonds. The Kier molecular flexibility index (Phi) is 5.41. The highest BCUT2D eigenvalue weighted by Crippen LogP contribution is 2.41. The number of halogens is 1. The molecule has 0 unspecified atom stereocenters. The molecule has 1 aliphatic rings. The molecule has 0 aliphatic heterocycles. The van der Waals surface area contributed by atoms with Gasteiger partial charge in [0.05, 0.1) is 5.56 Å². The summed E-state index contributed by atoms with van der Waals surface area (Å²) in [5.74, 6) is 2.64. The third kappa shape index (κ3) is 4.52. The highest BCUT2D eigenvalue weighted by Gasteiger charge is 2.24. The normalized spacial score (nSPS) is 13.3. The minimum atomic E-state index is 0.0914. The molecule has 146 valence electrons. The number of nitriles is 1. The van der Waals surface area contributed by atoms with Crippen LogP contribution in [0.3, 0.4) is 0 Å². The molecule has 0 atom stereocenters. The summed E-state index contributed by atoms with van der Waals surface area (Å²) in [5, 5.41) is 13.9. The Balaban J connectivity index is 1.43. The van der Waals surface area contributed by atoms with Gasteiger partial charge in [0.15, 0.2) is 11.6 Å². The fraction of sp³-hybridized carbons (Fsp3) is 0.318. The lowest BCUT2D eigenvalue weighted by Gasteiger charge is -2.07. The van der Waals surface area contributed by atoms with Crippen molar-refractivity contribution >= 4 is 17.4 Å². The van der Waals surface area contributed by atoms with E-state index >= 15 is 0 Å². The number of benzene rings is 1. The first-order valence-electron chi connectivity index (χ1n) is 9.66. The van der Waals surface area contributed by atoms with Crippen molar-refractivity contribution in [1.29, 1.82) is 5.26 Å². The lowest BCUT2D eigenvalue weighted by Crippen LogP contribution is -2.07. The monoisotopic (exact) mass is 405 g/mol. The van der Waals surface area contributed by atoms with Crippen molar-refractivity contribution in [3.8, 4) is 11.9 Å². The van der Waals surface area contributed by atoms with E-state index in [1.807, 2.05) is 19.1 Å². The number of Topliss-reactive ketones (excluding diaryl/α,β-unsaturated/α-hetero) is 1. The molecule has 4 rings (SSSR count). The first kappa shape index (κ1) is 19.3. The van der Waals surface area contributed by atoms with Crippen LogP contribution in [-0.4, -0.2) is 25.5 Å². The quantitative estimate of drug-likeness (QED) is 0.537. The number of rotatable bonds is 7. The fourth-order valence-corrected chi connectivity index (χ4v) is 3.60. The Morgan fingerprint density at radius 3 is 2.83 bits per heavy atom. The standard InChI is InChI=1S/C22H20ClN5O/c1-14-26-22(28(27-14)21-8-5-15(12-24)13-25-21)4-2-3-20(29)18-9-17(16-6-7-16)10-19(23)11-18/h5,8-11,13,16H,2-4,6-7H2,1H3. The molecule has 0 N–H and O–H groups in total. The number of aryl methyl sites for hydroxylation is 2. The van der Waals surface area contributed by atoms with Crippen LogP contribution in [0, 0.1) is 18.3 Å². The van der Waals surface area contributed by atoms with Gasteiger partial charge in [0.1, 0.15) is 17.7 Å². The minimum absolute atomic E-state index is 0.0914. The maximum absolute atomic E-state index is 12.7. The van der Waals surface area contributed by atoms with Gasteiger partial charge in [-0.2, -0.15) is 9.94 Å². The lowest BCUT2D eigenvalue weighted by atomic mass is 10.0. The van der Waals surface area contributed by atoms with Crippen LogP contribution >= 0.6 is 11.6 Å². The van der Waals surface area contributed by atoms with Crippen molar-refractivity contribution in [2.24, 2.45) is 0 Å². The van der Waals surface area contributed by atoms with E-state index in [1.54, 1.807) is 22.9 Å². The Bertz CT molecular complexity index is 1090. The minimum Gasteiger partial charge on any atom is -0.294 e. The van der Waals surface area contributed by atoms with Crippen molar-refractivity contribution in [3.05, 3.63) is 69.9 Å². The molecule has 6 nitrogen and oxygen atoms in total. The van der Waals surface area contributed by atoms with Gasteiger partial charge in [-0.3, -0.25) is 4.79 Å². The zero-order valence-electron chi connectivity index (χ0n) is 16.1. The van der Waals surface area contributed by atoms with Crippen LogP contribution in [0.5, 0.6) is 0 Å². The number of ketones is 1. The molecule has 1 saturated carbocycles. The van der Waals surface area contributed by atoms with E-state index < -0.39 is 0 Å². The largest absolute Gasteiger partial charge is 0.294 e. The molecule has 1 aromatic carbocycles.